The molecule has 2 heterocycles. The second-order valence-electron chi connectivity index (χ2n) is 11.6. The van der Waals surface area contributed by atoms with Crippen molar-refractivity contribution in [1.29, 1.82) is 0 Å². The standard InChI is InChI=1S/C29H46N2O3S/c1-28(2,3)19-22(20-30-4)18-27(32)31-15-9-10-23(21-31)29(33,14-6-7-16-34-5)25-11-8-12-26-24(25)13-17-35-26/h8,11-13,17,22-23,30,33H,6-7,9-10,14-16,18-21H2,1-5H3/t22-,23+,29-/m0/s1. The Morgan fingerprint density at radius 1 is 1.29 bits per heavy atom. The molecule has 0 saturated carbocycles. The van der Waals surface area contributed by atoms with Crippen LogP contribution in [0.25, 0.3) is 10.1 Å². The summed E-state index contributed by atoms with van der Waals surface area (Å²) in [5, 5.41) is 18.9. The first-order valence-electron chi connectivity index (χ1n) is 13.3. The molecule has 1 aromatic heterocycles. The van der Waals surface area contributed by atoms with E-state index in [2.05, 4.69) is 55.7 Å². The lowest BCUT2D eigenvalue weighted by Gasteiger charge is -2.43. The lowest BCUT2D eigenvalue weighted by Crippen LogP contribution is -2.48. The van der Waals surface area contributed by atoms with Gasteiger partial charge in [0.25, 0.3) is 0 Å². The average Bonchev–Trinajstić information content (AvgIpc) is 3.30. The number of aliphatic hydroxyl groups is 1. The van der Waals surface area contributed by atoms with Crippen molar-refractivity contribution in [1.82, 2.24) is 10.2 Å². The molecule has 1 amide bonds. The van der Waals surface area contributed by atoms with Crippen molar-refractivity contribution >= 4 is 27.3 Å². The maximum atomic E-state index is 13.5. The summed E-state index contributed by atoms with van der Waals surface area (Å²) >= 11 is 1.72. The molecule has 2 aromatic rings. The van der Waals surface area contributed by atoms with Crippen LogP contribution in [0.15, 0.2) is 29.6 Å². The first-order chi connectivity index (χ1) is 16.7. The zero-order valence-electron chi connectivity index (χ0n) is 22.4. The number of ether oxygens (including phenoxy) is 1. The van der Waals surface area contributed by atoms with Gasteiger partial charge in [0.2, 0.25) is 5.91 Å². The molecule has 1 aliphatic heterocycles. The zero-order valence-corrected chi connectivity index (χ0v) is 23.3. The van der Waals surface area contributed by atoms with Crippen LogP contribution in [0.1, 0.15) is 71.3 Å². The largest absolute Gasteiger partial charge is 0.385 e. The van der Waals surface area contributed by atoms with Gasteiger partial charge in [-0.2, -0.15) is 0 Å². The Hall–Kier alpha value is -1.47. The molecular formula is C29H46N2O3S. The predicted octanol–water partition coefficient (Wildman–Crippen LogP) is 5.81. The van der Waals surface area contributed by atoms with Crippen molar-refractivity contribution in [3.63, 3.8) is 0 Å². The van der Waals surface area contributed by atoms with Crippen molar-refractivity contribution < 1.29 is 14.6 Å². The molecule has 0 aliphatic carbocycles. The minimum Gasteiger partial charge on any atom is -0.385 e. The van der Waals surface area contributed by atoms with Crippen LogP contribution in [0.4, 0.5) is 0 Å². The van der Waals surface area contributed by atoms with Crippen LogP contribution in [0, 0.1) is 17.3 Å². The topological polar surface area (TPSA) is 61.8 Å². The fraction of sp³-hybridized carbons (Fsp3) is 0.690. The smallest absolute Gasteiger partial charge is 0.222 e. The zero-order chi connectivity index (χ0) is 25.5. The van der Waals surface area contributed by atoms with Crippen LogP contribution < -0.4 is 5.32 Å². The maximum Gasteiger partial charge on any atom is 0.222 e. The van der Waals surface area contributed by atoms with Crippen molar-refractivity contribution in [2.75, 3.05) is 40.4 Å². The third-order valence-electron chi connectivity index (χ3n) is 7.43. The number of carbonyl (C=O) groups is 1. The second-order valence-corrected chi connectivity index (χ2v) is 12.5. The van der Waals surface area contributed by atoms with E-state index in [0.29, 0.717) is 31.9 Å². The Balaban J connectivity index is 1.80. The number of benzene rings is 1. The number of piperidine rings is 1. The number of methoxy groups -OCH3 is 1. The molecule has 1 aliphatic rings. The molecule has 5 nitrogen and oxygen atoms in total. The van der Waals surface area contributed by atoms with Crippen LogP contribution >= 0.6 is 11.3 Å². The molecule has 2 N–H and O–H groups in total. The third kappa shape index (κ3) is 7.51. The Morgan fingerprint density at radius 3 is 2.80 bits per heavy atom. The second kappa shape index (κ2) is 12.7. The number of nitrogens with zero attached hydrogens (tertiary/aromatic N) is 1. The van der Waals surface area contributed by atoms with E-state index >= 15 is 0 Å². The van der Waals surface area contributed by atoms with Crippen molar-refractivity contribution in [2.45, 2.75) is 71.3 Å². The van der Waals surface area contributed by atoms with E-state index in [1.165, 1.54) is 4.70 Å². The molecule has 1 saturated heterocycles. The van der Waals surface area contributed by atoms with Crippen LogP contribution in [-0.2, 0) is 15.1 Å². The van der Waals surface area contributed by atoms with E-state index in [9.17, 15) is 9.90 Å². The van der Waals surface area contributed by atoms with Gasteiger partial charge in [-0.3, -0.25) is 4.79 Å². The Kier molecular flexibility index (Phi) is 10.2. The predicted molar refractivity (Wildman–Crippen MR) is 147 cm³/mol. The van der Waals surface area contributed by atoms with E-state index in [1.807, 2.05) is 11.9 Å². The number of hydrogen-bond acceptors (Lipinski definition) is 5. The highest BCUT2D eigenvalue weighted by atomic mass is 32.1. The number of unbranched alkanes of at least 4 members (excludes halogenated alkanes) is 1. The summed E-state index contributed by atoms with van der Waals surface area (Å²) in [6, 6.07) is 8.42. The highest BCUT2D eigenvalue weighted by Gasteiger charge is 2.42. The molecule has 1 fully saturated rings. The number of nitrogens with one attached hydrogen (secondary N) is 1. The number of hydrogen-bond donors (Lipinski definition) is 2. The van der Waals surface area contributed by atoms with Crippen LogP contribution in [0.3, 0.4) is 0 Å². The fourth-order valence-corrected chi connectivity index (χ4v) is 6.72. The van der Waals surface area contributed by atoms with Crippen molar-refractivity contribution in [3.05, 3.63) is 35.2 Å². The first-order valence-corrected chi connectivity index (χ1v) is 14.2. The summed E-state index contributed by atoms with van der Waals surface area (Å²) in [6.07, 6.45) is 5.96. The van der Waals surface area contributed by atoms with Gasteiger partial charge < -0.3 is 20.1 Å². The number of rotatable bonds is 12. The molecule has 0 unspecified atom stereocenters. The molecule has 0 bridgehead atoms. The van der Waals surface area contributed by atoms with Gasteiger partial charge in [-0.1, -0.05) is 32.9 Å². The molecule has 196 valence electrons. The number of carbonyl (C=O) groups excluding carboxylic acids is 1. The summed E-state index contributed by atoms with van der Waals surface area (Å²) in [5.74, 6) is 0.577. The quantitative estimate of drug-likeness (QED) is 0.360. The van der Waals surface area contributed by atoms with Gasteiger partial charge in [-0.25, -0.2) is 0 Å². The lowest BCUT2D eigenvalue weighted by molar-refractivity contribution is -0.137. The van der Waals surface area contributed by atoms with E-state index in [4.69, 9.17) is 4.74 Å². The third-order valence-corrected chi connectivity index (χ3v) is 8.31. The van der Waals surface area contributed by atoms with E-state index < -0.39 is 5.60 Å². The van der Waals surface area contributed by atoms with Crippen LogP contribution in [0.2, 0.25) is 0 Å². The molecule has 35 heavy (non-hydrogen) atoms. The van der Waals surface area contributed by atoms with Crippen LogP contribution in [0.5, 0.6) is 0 Å². The highest BCUT2D eigenvalue weighted by molar-refractivity contribution is 7.17. The maximum absolute atomic E-state index is 13.5. The minimum absolute atomic E-state index is 0.0265. The van der Waals surface area contributed by atoms with Gasteiger partial charge in [0.05, 0.1) is 5.60 Å². The Bertz CT molecular complexity index is 937. The summed E-state index contributed by atoms with van der Waals surface area (Å²) in [4.78, 5) is 15.5. The SMILES string of the molecule is CNC[C@@H](CC(=O)N1CCC[C@@H]([C@@](O)(CCCCOC)c2cccc3sccc23)C1)CC(C)(C)C. The number of likely N-dealkylation sites (tertiary alicyclic amines) is 1. The number of thiophene rings is 1. The van der Waals surface area contributed by atoms with Gasteiger partial charge in [0, 0.05) is 43.8 Å². The lowest BCUT2D eigenvalue weighted by atomic mass is 9.73. The molecule has 0 radical (unpaired) electrons. The Labute approximate surface area is 216 Å². The summed E-state index contributed by atoms with van der Waals surface area (Å²) in [7, 11) is 3.69. The van der Waals surface area contributed by atoms with Gasteiger partial charge in [-0.05, 0) is 91.9 Å². The van der Waals surface area contributed by atoms with Gasteiger partial charge in [-0.15, -0.1) is 11.3 Å². The van der Waals surface area contributed by atoms with Crippen LogP contribution in [-0.4, -0.2) is 56.3 Å². The average molecular weight is 503 g/mol. The minimum atomic E-state index is -0.955. The number of fused-ring (bicyclic) bond motifs is 1. The Morgan fingerprint density at radius 2 is 2.09 bits per heavy atom. The first kappa shape index (κ1) is 28.1. The van der Waals surface area contributed by atoms with Gasteiger partial charge in [0.15, 0.2) is 0 Å². The monoisotopic (exact) mass is 502 g/mol. The van der Waals surface area contributed by atoms with Crippen molar-refractivity contribution in [3.8, 4) is 0 Å². The fourth-order valence-electron chi connectivity index (χ4n) is 5.91. The van der Waals surface area contributed by atoms with E-state index in [-0.39, 0.29) is 17.2 Å². The molecule has 0 spiro atoms. The molecule has 3 atom stereocenters. The summed E-state index contributed by atoms with van der Waals surface area (Å²) < 4.78 is 6.47. The molecule has 6 heteroatoms. The molecular weight excluding hydrogens is 456 g/mol. The number of amides is 1. The molecule has 1 aromatic carbocycles. The van der Waals surface area contributed by atoms with Crippen molar-refractivity contribution in [2.24, 2.45) is 17.3 Å². The summed E-state index contributed by atoms with van der Waals surface area (Å²) in [6.45, 7) is 9.70. The highest BCUT2D eigenvalue weighted by Crippen LogP contribution is 2.43. The summed E-state index contributed by atoms with van der Waals surface area (Å²) in [5.41, 5.74) is 0.255. The van der Waals surface area contributed by atoms with Gasteiger partial charge >= 0.3 is 0 Å². The molecule has 3 rings (SSSR count). The van der Waals surface area contributed by atoms with E-state index in [1.54, 1.807) is 18.4 Å². The van der Waals surface area contributed by atoms with Gasteiger partial charge in [0.1, 0.15) is 0 Å². The van der Waals surface area contributed by atoms with E-state index in [0.717, 1.165) is 56.1 Å². The normalized spacial score (nSPS) is 19.6.